The van der Waals surface area contributed by atoms with Crippen molar-refractivity contribution in [1.82, 2.24) is 15.0 Å². The maximum absolute atomic E-state index is 11.0. The molecule has 0 radical (unpaired) electrons. The van der Waals surface area contributed by atoms with Crippen LogP contribution in [0.1, 0.15) is 55.3 Å². The summed E-state index contributed by atoms with van der Waals surface area (Å²) in [5.74, 6) is -0.323. The zero-order valence-corrected chi connectivity index (χ0v) is 9.68. The minimum Gasteiger partial charge on any atom is -0.476 e. The second-order valence-corrected chi connectivity index (χ2v) is 4.46. The molecule has 0 bridgehead atoms. The van der Waals surface area contributed by atoms with E-state index in [0.717, 1.165) is 18.5 Å². The van der Waals surface area contributed by atoms with Crippen molar-refractivity contribution in [3.63, 3.8) is 0 Å². The normalized spacial score (nSPS) is 17.4. The van der Waals surface area contributed by atoms with Gasteiger partial charge in [-0.25, -0.2) is 9.48 Å². The van der Waals surface area contributed by atoms with Gasteiger partial charge < -0.3 is 5.11 Å². The quantitative estimate of drug-likeness (QED) is 0.827. The number of carboxylic acids is 1. The van der Waals surface area contributed by atoms with E-state index in [0.29, 0.717) is 5.92 Å². The van der Waals surface area contributed by atoms with E-state index in [1.807, 2.05) is 11.6 Å². The summed E-state index contributed by atoms with van der Waals surface area (Å²) in [5.41, 5.74) is 0.892. The lowest BCUT2D eigenvalue weighted by Crippen LogP contribution is -2.14. The van der Waals surface area contributed by atoms with Crippen LogP contribution in [0.4, 0.5) is 0 Å². The van der Waals surface area contributed by atoms with E-state index >= 15 is 0 Å². The molecule has 0 spiro atoms. The highest BCUT2D eigenvalue weighted by atomic mass is 16.4. The van der Waals surface area contributed by atoms with Crippen molar-refractivity contribution < 1.29 is 9.90 Å². The lowest BCUT2D eigenvalue weighted by atomic mass is 10.1. The van der Waals surface area contributed by atoms with E-state index in [-0.39, 0.29) is 11.7 Å². The van der Waals surface area contributed by atoms with Gasteiger partial charge in [-0.1, -0.05) is 18.6 Å². The molecule has 5 heteroatoms. The number of carbonyl (C=O) groups is 1. The Labute approximate surface area is 94.5 Å². The lowest BCUT2D eigenvalue weighted by Gasteiger charge is -2.13. The number of hydrogen-bond acceptors (Lipinski definition) is 3. The molecule has 1 heterocycles. The highest BCUT2D eigenvalue weighted by Crippen LogP contribution is 2.39. The molecule has 0 aromatic carbocycles. The van der Waals surface area contributed by atoms with E-state index in [2.05, 4.69) is 17.2 Å². The lowest BCUT2D eigenvalue weighted by molar-refractivity contribution is 0.0689. The van der Waals surface area contributed by atoms with Crippen LogP contribution in [0.5, 0.6) is 0 Å². The molecular weight excluding hydrogens is 206 g/mol. The Hall–Kier alpha value is -1.39. The van der Waals surface area contributed by atoms with Crippen molar-refractivity contribution in [2.24, 2.45) is 5.92 Å². The maximum Gasteiger partial charge on any atom is 0.358 e. The molecule has 0 aliphatic heterocycles. The van der Waals surface area contributed by atoms with E-state index in [1.54, 1.807) is 0 Å². The summed E-state index contributed by atoms with van der Waals surface area (Å²) in [6, 6.07) is 0.280. The molecule has 1 unspecified atom stereocenters. The zero-order valence-electron chi connectivity index (χ0n) is 9.68. The van der Waals surface area contributed by atoms with Crippen molar-refractivity contribution in [3.8, 4) is 0 Å². The average Bonchev–Trinajstić information content (AvgIpc) is 2.99. The molecule has 1 N–H and O–H groups in total. The molecule has 5 nitrogen and oxygen atoms in total. The van der Waals surface area contributed by atoms with E-state index < -0.39 is 5.97 Å². The van der Waals surface area contributed by atoms with Gasteiger partial charge >= 0.3 is 5.97 Å². The fourth-order valence-corrected chi connectivity index (χ4v) is 2.05. The van der Waals surface area contributed by atoms with E-state index in [9.17, 15) is 4.79 Å². The summed E-state index contributed by atoms with van der Waals surface area (Å²) in [6.45, 7) is 4.13. The Kier molecular flexibility index (Phi) is 2.94. The predicted molar refractivity (Wildman–Crippen MR) is 58.4 cm³/mol. The number of carboxylic acid groups (broad SMARTS) is 1. The Morgan fingerprint density at radius 1 is 1.62 bits per heavy atom. The van der Waals surface area contributed by atoms with Gasteiger partial charge in [-0.3, -0.25) is 0 Å². The average molecular weight is 223 g/mol. The molecule has 88 valence electrons. The molecule has 1 aromatic rings. The van der Waals surface area contributed by atoms with Crippen molar-refractivity contribution in [3.05, 3.63) is 11.4 Å². The second kappa shape index (κ2) is 4.23. The summed E-state index contributed by atoms with van der Waals surface area (Å²) in [4.78, 5) is 11.0. The molecule has 0 amide bonds. The van der Waals surface area contributed by atoms with Gasteiger partial charge in [0.1, 0.15) is 0 Å². The van der Waals surface area contributed by atoms with Gasteiger partial charge in [0, 0.05) is 0 Å². The third-order valence-electron chi connectivity index (χ3n) is 3.17. The van der Waals surface area contributed by atoms with Crippen LogP contribution in [0, 0.1) is 5.92 Å². The number of aromatic carboxylic acids is 1. The first-order valence-corrected chi connectivity index (χ1v) is 5.82. The van der Waals surface area contributed by atoms with Crippen LogP contribution >= 0.6 is 0 Å². The zero-order chi connectivity index (χ0) is 11.7. The molecule has 1 aliphatic carbocycles. The minimum atomic E-state index is -0.974. The van der Waals surface area contributed by atoms with Gasteiger partial charge in [0.05, 0.1) is 11.7 Å². The molecule has 1 saturated carbocycles. The molecule has 1 aromatic heterocycles. The van der Waals surface area contributed by atoms with Crippen molar-refractivity contribution in [2.75, 3.05) is 0 Å². The highest BCUT2D eigenvalue weighted by molar-refractivity contribution is 5.86. The van der Waals surface area contributed by atoms with Gasteiger partial charge in [-0.15, -0.1) is 5.10 Å². The summed E-state index contributed by atoms with van der Waals surface area (Å²) in [7, 11) is 0. The molecule has 2 rings (SSSR count). The van der Waals surface area contributed by atoms with Gasteiger partial charge in [0.15, 0.2) is 5.69 Å². The summed E-state index contributed by atoms with van der Waals surface area (Å²) in [5, 5.41) is 16.8. The van der Waals surface area contributed by atoms with Gasteiger partial charge in [0.2, 0.25) is 0 Å². The first-order chi connectivity index (χ1) is 7.65. The monoisotopic (exact) mass is 223 g/mol. The van der Waals surface area contributed by atoms with Gasteiger partial charge in [-0.05, 0) is 32.1 Å². The fourth-order valence-electron chi connectivity index (χ4n) is 2.05. The third-order valence-corrected chi connectivity index (χ3v) is 3.17. The number of rotatable bonds is 5. The Balaban J connectivity index is 2.32. The first-order valence-electron chi connectivity index (χ1n) is 5.82. The molecule has 1 aliphatic rings. The number of hydrogen-bond donors (Lipinski definition) is 1. The van der Waals surface area contributed by atoms with Crippen molar-refractivity contribution >= 4 is 5.97 Å². The Morgan fingerprint density at radius 3 is 2.81 bits per heavy atom. The van der Waals surface area contributed by atoms with Crippen molar-refractivity contribution in [2.45, 2.75) is 45.6 Å². The van der Waals surface area contributed by atoms with Crippen molar-refractivity contribution in [1.29, 1.82) is 0 Å². The smallest absolute Gasteiger partial charge is 0.358 e. The van der Waals surface area contributed by atoms with Crippen LogP contribution in [-0.2, 0) is 6.42 Å². The van der Waals surface area contributed by atoms with Crippen LogP contribution in [0.25, 0.3) is 0 Å². The maximum atomic E-state index is 11.0. The number of aromatic nitrogens is 3. The topological polar surface area (TPSA) is 68.0 Å². The highest BCUT2D eigenvalue weighted by Gasteiger charge is 2.32. The van der Waals surface area contributed by atoms with E-state index in [4.69, 9.17) is 5.11 Å². The molecule has 0 saturated heterocycles. The second-order valence-electron chi connectivity index (χ2n) is 4.46. The fraction of sp³-hybridized carbons (Fsp3) is 0.727. The standard InChI is InChI=1S/C11H17N3O2/c1-3-4-9-10(11(15)16)12-13-14(9)7(2)8-5-6-8/h7-8H,3-6H2,1-2H3,(H,15,16). The minimum absolute atomic E-state index is 0.120. The SMILES string of the molecule is CCCc1c(C(=O)O)nnn1C(C)C1CC1. The Morgan fingerprint density at radius 2 is 2.31 bits per heavy atom. The number of nitrogens with zero attached hydrogens (tertiary/aromatic N) is 3. The third kappa shape index (κ3) is 1.94. The van der Waals surface area contributed by atoms with Crippen LogP contribution in [0.2, 0.25) is 0 Å². The van der Waals surface area contributed by atoms with Crippen LogP contribution in [-0.4, -0.2) is 26.1 Å². The first kappa shape index (κ1) is 11.1. The molecule has 16 heavy (non-hydrogen) atoms. The van der Waals surface area contributed by atoms with E-state index in [1.165, 1.54) is 12.8 Å². The predicted octanol–water partition coefficient (Wildman–Crippen LogP) is 1.90. The molecule has 1 fully saturated rings. The van der Waals surface area contributed by atoms with Crippen LogP contribution in [0.3, 0.4) is 0 Å². The van der Waals surface area contributed by atoms with Gasteiger partial charge in [-0.2, -0.15) is 0 Å². The summed E-state index contributed by atoms with van der Waals surface area (Å²) >= 11 is 0. The van der Waals surface area contributed by atoms with Crippen LogP contribution < -0.4 is 0 Å². The molecular formula is C11H17N3O2. The largest absolute Gasteiger partial charge is 0.476 e. The summed E-state index contributed by atoms with van der Waals surface area (Å²) in [6.07, 6.45) is 4.07. The van der Waals surface area contributed by atoms with Gasteiger partial charge in [0.25, 0.3) is 0 Å². The van der Waals surface area contributed by atoms with Crippen LogP contribution in [0.15, 0.2) is 0 Å². The molecule has 1 atom stereocenters. The summed E-state index contributed by atoms with van der Waals surface area (Å²) < 4.78 is 1.81. The Bertz CT molecular complexity index is 396.